The molecule has 1 aromatic heterocycles. The molecule has 1 saturated heterocycles. The van der Waals surface area contributed by atoms with Crippen molar-refractivity contribution >= 4 is 33.3 Å². The topological polar surface area (TPSA) is 71.9 Å². The van der Waals surface area contributed by atoms with Gasteiger partial charge in [-0.05, 0) is 75.7 Å². The Morgan fingerprint density at radius 1 is 0.972 bits per heavy atom. The van der Waals surface area contributed by atoms with E-state index in [0.29, 0.717) is 44.0 Å². The highest BCUT2D eigenvalue weighted by atomic mass is 32.2. The van der Waals surface area contributed by atoms with E-state index in [1.807, 2.05) is 26.8 Å². The lowest BCUT2D eigenvalue weighted by Gasteiger charge is -2.26. The summed E-state index contributed by atoms with van der Waals surface area (Å²) in [7, 11) is -3.68. The maximum Gasteiger partial charge on any atom is 0.258 e. The Balaban J connectivity index is 1.60. The summed E-state index contributed by atoms with van der Waals surface area (Å²) in [5, 5.41) is 0. The van der Waals surface area contributed by atoms with E-state index in [-0.39, 0.29) is 10.8 Å². The number of benzene rings is 2. The number of fused-ring (bicyclic) bond motifs is 1. The molecule has 2 aliphatic rings. The fourth-order valence-corrected chi connectivity index (χ4v) is 6.50. The zero-order valence-electron chi connectivity index (χ0n) is 21.1. The van der Waals surface area contributed by atoms with E-state index in [4.69, 9.17) is 4.74 Å². The van der Waals surface area contributed by atoms with Gasteiger partial charge in [0.25, 0.3) is 5.91 Å². The minimum atomic E-state index is -3.68. The van der Waals surface area contributed by atoms with Crippen LogP contribution in [0.1, 0.15) is 35.0 Å². The first kappa shape index (κ1) is 24.5. The van der Waals surface area contributed by atoms with Gasteiger partial charge in [-0.3, -0.25) is 4.79 Å². The molecule has 2 aromatic carbocycles. The third-order valence-corrected chi connectivity index (χ3v) is 8.91. The lowest BCUT2D eigenvalue weighted by atomic mass is 10.0. The van der Waals surface area contributed by atoms with Gasteiger partial charge < -0.3 is 14.2 Å². The van der Waals surface area contributed by atoms with Crippen molar-refractivity contribution in [1.29, 1.82) is 0 Å². The van der Waals surface area contributed by atoms with Crippen molar-refractivity contribution in [3.63, 3.8) is 0 Å². The van der Waals surface area contributed by atoms with Gasteiger partial charge >= 0.3 is 0 Å². The van der Waals surface area contributed by atoms with Crippen LogP contribution in [0, 0.1) is 20.8 Å². The number of carbonyl (C=O) groups is 1. The Kier molecular flexibility index (Phi) is 6.36. The Hall–Kier alpha value is -3.20. The zero-order valence-corrected chi connectivity index (χ0v) is 21.9. The zero-order chi connectivity index (χ0) is 25.6. The first-order valence-corrected chi connectivity index (χ1v) is 13.7. The summed E-state index contributed by atoms with van der Waals surface area (Å²) in [5.74, 6) is -0.117. The van der Waals surface area contributed by atoms with Gasteiger partial charge in [-0.15, -0.1) is 0 Å². The molecule has 2 aliphatic heterocycles. The summed E-state index contributed by atoms with van der Waals surface area (Å²) >= 11 is 0. The number of likely N-dealkylation sites (N-methyl/N-ethyl adjacent to an activating group) is 1. The standard InChI is InChI=1S/C28H31N3O4S/c1-5-30-27-11-10-24(36(33,34)29-12-14-35-15-13-29)18-25(27)26(28(30)32)17-22-16-20(3)31(21(22)4)23-8-6-19(2)7-9-23/h6-11,16-18H,5,12-15H2,1-4H3/b26-17+. The predicted octanol–water partition coefficient (Wildman–Crippen LogP) is 4.33. The second-order valence-corrected chi connectivity index (χ2v) is 11.2. The number of morpholine rings is 1. The normalized spacial score (nSPS) is 17.7. The molecule has 0 bridgehead atoms. The first-order valence-electron chi connectivity index (χ1n) is 12.2. The fourth-order valence-electron chi connectivity index (χ4n) is 5.07. The van der Waals surface area contributed by atoms with Crippen LogP contribution in [0.3, 0.4) is 0 Å². The molecule has 7 nitrogen and oxygen atoms in total. The summed E-state index contributed by atoms with van der Waals surface area (Å²) < 4.78 is 35.6. The van der Waals surface area contributed by atoms with E-state index in [9.17, 15) is 13.2 Å². The third-order valence-electron chi connectivity index (χ3n) is 7.01. The summed E-state index contributed by atoms with van der Waals surface area (Å²) in [4.78, 5) is 15.3. The molecule has 0 radical (unpaired) electrons. The number of anilines is 1. The molecule has 8 heteroatoms. The van der Waals surface area contributed by atoms with E-state index in [1.54, 1.807) is 23.1 Å². The number of ether oxygens (including phenoxy) is 1. The van der Waals surface area contributed by atoms with Crippen molar-refractivity contribution < 1.29 is 17.9 Å². The first-order chi connectivity index (χ1) is 17.2. The van der Waals surface area contributed by atoms with Crippen molar-refractivity contribution in [3.8, 4) is 5.69 Å². The van der Waals surface area contributed by atoms with E-state index in [1.165, 1.54) is 9.87 Å². The smallest absolute Gasteiger partial charge is 0.258 e. The van der Waals surface area contributed by atoms with Crippen molar-refractivity contribution in [2.75, 3.05) is 37.7 Å². The number of amides is 1. The maximum absolute atomic E-state index is 13.4. The summed E-state index contributed by atoms with van der Waals surface area (Å²) in [6.45, 7) is 9.99. The fraction of sp³-hybridized carbons (Fsp3) is 0.321. The second-order valence-electron chi connectivity index (χ2n) is 9.30. The SMILES string of the molecule is CCN1C(=O)/C(=C/c2cc(C)n(-c3ccc(C)cc3)c2C)c2cc(S(=O)(=O)N3CCOCC3)ccc21. The molecular formula is C28H31N3O4S. The van der Waals surface area contributed by atoms with Gasteiger partial charge in [-0.25, -0.2) is 8.42 Å². The highest BCUT2D eigenvalue weighted by Gasteiger charge is 2.34. The van der Waals surface area contributed by atoms with Gasteiger partial charge in [0.15, 0.2) is 0 Å². The highest BCUT2D eigenvalue weighted by Crippen LogP contribution is 2.40. The Bertz CT molecular complexity index is 1460. The summed E-state index contributed by atoms with van der Waals surface area (Å²) in [6, 6.07) is 15.4. The van der Waals surface area contributed by atoms with E-state index in [0.717, 1.165) is 28.3 Å². The summed E-state index contributed by atoms with van der Waals surface area (Å²) in [6.07, 6.45) is 1.90. The van der Waals surface area contributed by atoms with Crippen LogP contribution in [0.15, 0.2) is 53.4 Å². The predicted molar refractivity (Wildman–Crippen MR) is 142 cm³/mol. The number of rotatable bonds is 5. The van der Waals surface area contributed by atoms with Gasteiger partial charge in [0.05, 0.1) is 23.8 Å². The molecule has 3 heterocycles. The molecule has 188 valence electrons. The Morgan fingerprint density at radius 3 is 2.33 bits per heavy atom. The number of sulfonamides is 1. The Morgan fingerprint density at radius 2 is 1.67 bits per heavy atom. The number of hydrogen-bond donors (Lipinski definition) is 0. The Labute approximate surface area is 212 Å². The second kappa shape index (κ2) is 9.35. The lowest BCUT2D eigenvalue weighted by molar-refractivity contribution is -0.112. The van der Waals surface area contributed by atoms with Gasteiger partial charge in [0.2, 0.25) is 10.0 Å². The van der Waals surface area contributed by atoms with Crippen LogP contribution in [0.25, 0.3) is 17.3 Å². The van der Waals surface area contributed by atoms with Crippen LogP contribution in [-0.4, -0.2) is 56.0 Å². The molecule has 36 heavy (non-hydrogen) atoms. The van der Waals surface area contributed by atoms with Crippen LogP contribution in [0.2, 0.25) is 0 Å². The number of aromatic nitrogens is 1. The van der Waals surface area contributed by atoms with E-state index < -0.39 is 10.0 Å². The molecular weight excluding hydrogens is 474 g/mol. The molecule has 5 rings (SSSR count). The van der Waals surface area contributed by atoms with Crippen molar-refractivity contribution in [3.05, 3.63) is 76.6 Å². The average molecular weight is 506 g/mol. The number of aryl methyl sites for hydroxylation is 2. The van der Waals surface area contributed by atoms with Crippen LogP contribution in [0.4, 0.5) is 5.69 Å². The quantitative estimate of drug-likeness (QED) is 0.484. The maximum atomic E-state index is 13.4. The van der Waals surface area contributed by atoms with E-state index in [2.05, 4.69) is 41.8 Å². The molecule has 0 unspecified atom stereocenters. The molecule has 1 fully saturated rings. The van der Waals surface area contributed by atoms with Crippen molar-refractivity contribution in [1.82, 2.24) is 8.87 Å². The number of carbonyl (C=O) groups excluding carboxylic acids is 1. The van der Waals surface area contributed by atoms with Crippen LogP contribution >= 0.6 is 0 Å². The number of nitrogens with zero attached hydrogens (tertiary/aromatic N) is 3. The van der Waals surface area contributed by atoms with Gasteiger partial charge in [0, 0.05) is 47.8 Å². The molecule has 1 amide bonds. The van der Waals surface area contributed by atoms with Crippen molar-refractivity contribution in [2.24, 2.45) is 0 Å². The minimum absolute atomic E-state index is 0.117. The third kappa shape index (κ3) is 4.09. The molecule has 3 aromatic rings. The van der Waals surface area contributed by atoms with Crippen LogP contribution < -0.4 is 4.90 Å². The van der Waals surface area contributed by atoms with Crippen molar-refractivity contribution in [2.45, 2.75) is 32.6 Å². The molecule has 0 spiro atoms. The van der Waals surface area contributed by atoms with Crippen LogP contribution in [0.5, 0.6) is 0 Å². The van der Waals surface area contributed by atoms with Crippen LogP contribution in [-0.2, 0) is 19.6 Å². The minimum Gasteiger partial charge on any atom is -0.379 e. The van der Waals surface area contributed by atoms with Gasteiger partial charge in [0.1, 0.15) is 0 Å². The van der Waals surface area contributed by atoms with Gasteiger partial charge in [-0.2, -0.15) is 4.31 Å². The molecule has 0 saturated carbocycles. The molecule has 0 N–H and O–H groups in total. The summed E-state index contributed by atoms with van der Waals surface area (Å²) in [5.41, 5.74) is 7.16. The molecule has 0 atom stereocenters. The van der Waals surface area contributed by atoms with E-state index >= 15 is 0 Å². The average Bonchev–Trinajstić information content (AvgIpc) is 3.31. The molecule has 0 aliphatic carbocycles. The monoisotopic (exact) mass is 505 g/mol. The van der Waals surface area contributed by atoms with Gasteiger partial charge in [-0.1, -0.05) is 17.7 Å². The largest absolute Gasteiger partial charge is 0.379 e. The highest BCUT2D eigenvalue weighted by molar-refractivity contribution is 7.89. The number of hydrogen-bond acceptors (Lipinski definition) is 4. The lowest BCUT2D eigenvalue weighted by Crippen LogP contribution is -2.40.